The molecule has 0 saturated heterocycles. The molecule has 0 amide bonds. The van der Waals surface area contributed by atoms with Gasteiger partial charge in [-0.3, -0.25) is 0 Å². The third-order valence-electron chi connectivity index (χ3n) is 4.70. The van der Waals surface area contributed by atoms with Gasteiger partial charge in [0, 0.05) is 9.85 Å². The molecule has 1 aromatic rings. The molecule has 0 heterocycles. The van der Waals surface area contributed by atoms with E-state index >= 15 is 0 Å². The molecule has 1 aromatic carbocycles. The van der Waals surface area contributed by atoms with E-state index in [4.69, 9.17) is 11.6 Å². The number of rotatable bonds is 3. The summed E-state index contributed by atoms with van der Waals surface area (Å²) < 4.78 is 14.8. The molecule has 1 aliphatic carbocycles. The average molecular weight is 362 g/mol. The van der Waals surface area contributed by atoms with Crippen LogP contribution in [0.5, 0.6) is 0 Å². The van der Waals surface area contributed by atoms with E-state index in [0.29, 0.717) is 11.8 Å². The minimum Gasteiger partial charge on any atom is -0.207 e. The molecular formula is C17H23BrClF. The first kappa shape index (κ1) is 16.3. The molecule has 3 unspecified atom stereocenters. The van der Waals surface area contributed by atoms with E-state index < -0.39 is 0 Å². The van der Waals surface area contributed by atoms with Gasteiger partial charge < -0.3 is 0 Å². The van der Waals surface area contributed by atoms with Crippen LogP contribution in [0.4, 0.5) is 4.39 Å². The molecule has 1 aliphatic rings. The first-order chi connectivity index (χ1) is 9.29. The summed E-state index contributed by atoms with van der Waals surface area (Å²) in [7, 11) is 0. The second-order valence-electron chi connectivity index (χ2n) is 6.94. The lowest BCUT2D eigenvalue weighted by molar-refractivity contribution is 0.141. The van der Waals surface area contributed by atoms with Crippen molar-refractivity contribution < 1.29 is 4.39 Å². The topological polar surface area (TPSA) is 0 Å². The fourth-order valence-electron chi connectivity index (χ4n) is 3.48. The van der Waals surface area contributed by atoms with Crippen LogP contribution in [-0.4, -0.2) is 5.38 Å². The zero-order chi connectivity index (χ0) is 14.9. The highest BCUT2D eigenvalue weighted by Crippen LogP contribution is 2.44. The van der Waals surface area contributed by atoms with Crippen molar-refractivity contribution in [2.24, 2.45) is 17.3 Å². The standard InChI is InChI=1S/C17H23BrClF/c1-11-4-7-14(15(19)8-11)17(2,3)10-12-5-6-13(18)9-16(12)20/h5-6,9,11,14-15H,4,7-8,10H2,1-3H3. The smallest absolute Gasteiger partial charge is 0.127 e. The van der Waals surface area contributed by atoms with Crippen molar-refractivity contribution in [1.29, 1.82) is 0 Å². The van der Waals surface area contributed by atoms with Crippen LogP contribution in [0.1, 0.15) is 45.6 Å². The molecule has 0 radical (unpaired) electrons. The highest BCUT2D eigenvalue weighted by atomic mass is 79.9. The van der Waals surface area contributed by atoms with Gasteiger partial charge in [0.25, 0.3) is 0 Å². The van der Waals surface area contributed by atoms with E-state index in [0.717, 1.165) is 29.3 Å². The largest absolute Gasteiger partial charge is 0.207 e. The molecular weight excluding hydrogens is 339 g/mol. The molecule has 1 saturated carbocycles. The summed E-state index contributed by atoms with van der Waals surface area (Å²) in [5, 5.41) is 0.215. The van der Waals surface area contributed by atoms with Crippen LogP contribution in [0, 0.1) is 23.1 Å². The molecule has 0 N–H and O–H groups in total. The van der Waals surface area contributed by atoms with Gasteiger partial charge in [0.2, 0.25) is 0 Å². The van der Waals surface area contributed by atoms with Crippen molar-refractivity contribution in [1.82, 2.24) is 0 Å². The third kappa shape index (κ3) is 3.76. The summed E-state index contributed by atoms with van der Waals surface area (Å²) >= 11 is 9.90. The van der Waals surface area contributed by atoms with E-state index in [-0.39, 0.29) is 16.6 Å². The lowest BCUT2D eigenvalue weighted by Crippen LogP contribution is -2.37. The van der Waals surface area contributed by atoms with E-state index in [1.807, 2.05) is 12.1 Å². The Bertz CT molecular complexity index is 472. The van der Waals surface area contributed by atoms with Crippen LogP contribution >= 0.6 is 27.5 Å². The monoisotopic (exact) mass is 360 g/mol. The van der Waals surface area contributed by atoms with Crippen LogP contribution in [0.25, 0.3) is 0 Å². The molecule has 112 valence electrons. The predicted octanol–water partition coefficient (Wildman–Crippen LogP) is 6.20. The molecule has 20 heavy (non-hydrogen) atoms. The lowest BCUT2D eigenvalue weighted by atomic mass is 9.66. The van der Waals surface area contributed by atoms with Gasteiger partial charge in [0.15, 0.2) is 0 Å². The van der Waals surface area contributed by atoms with Crippen LogP contribution in [0.2, 0.25) is 0 Å². The Morgan fingerprint density at radius 2 is 2.05 bits per heavy atom. The maximum absolute atomic E-state index is 14.0. The van der Waals surface area contributed by atoms with Gasteiger partial charge in [-0.25, -0.2) is 4.39 Å². The first-order valence-corrected chi connectivity index (χ1v) is 8.60. The summed E-state index contributed by atoms with van der Waals surface area (Å²) in [6, 6.07) is 5.35. The van der Waals surface area contributed by atoms with E-state index in [9.17, 15) is 4.39 Å². The average Bonchev–Trinajstić information content (AvgIpc) is 2.32. The van der Waals surface area contributed by atoms with Gasteiger partial charge >= 0.3 is 0 Å². The van der Waals surface area contributed by atoms with Crippen molar-refractivity contribution in [2.75, 3.05) is 0 Å². The van der Waals surface area contributed by atoms with Crippen molar-refractivity contribution in [3.05, 3.63) is 34.1 Å². The van der Waals surface area contributed by atoms with E-state index in [1.54, 1.807) is 6.07 Å². The second-order valence-corrected chi connectivity index (χ2v) is 8.42. The second kappa shape index (κ2) is 6.36. The molecule has 1 fully saturated rings. The number of halogens is 3. The molecule has 3 atom stereocenters. The fraction of sp³-hybridized carbons (Fsp3) is 0.647. The van der Waals surface area contributed by atoms with Gasteiger partial charge in [0.05, 0.1) is 0 Å². The summed E-state index contributed by atoms with van der Waals surface area (Å²) in [5.41, 5.74) is 0.821. The molecule has 0 aromatic heterocycles. The molecule has 2 rings (SSSR count). The Morgan fingerprint density at radius 1 is 1.35 bits per heavy atom. The van der Waals surface area contributed by atoms with Gasteiger partial charge in [-0.15, -0.1) is 11.6 Å². The fourth-order valence-corrected chi connectivity index (χ4v) is 4.58. The van der Waals surface area contributed by atoms with E-state index in [2.05, 4.69) is 36.7 Å². The van der Waals surface area contributed by atoms with E-state index in [1.165, 1.54) is 6.42 Å². The van der Waals surface area contributed by atoms with Crippen molar-refractivity contribution >= 4 is 27.5 Å². The predicted molar refractivity (Wildman–Crippen MR) is 87.7 cm³/mol. The Hall–Kier alpha value is -0.0800. The van der Waals surface area contributed by atoms with Gasteiger partial charge in [0.1, 0.15) is 5.82 Å². The molecule has 3 heteroatoms. The number of hydrogen-bond donors (Lipinski definition) is 0. The quantitative estimate of drug-likeness (QED) is 0.562. The molecule has 0 spiro atoms. The molecule has 0 bridgehead atoms. The lowest BCUT2D eigenvalue weighted by Gasteiger charge is -2.42. The van der Waals surface area contributed by atoms with Crippen LogP contribution in [-0.2, 0) is 6.42 Å². The van der Waals surface area contributed by atoms with Crippen molar-refractivity contribution in [2.45, 2.75) is 51.8 Å². The summed E-state index contributed by atoms with van der Waals surface area (Å²) in [5.74, 6) is 1.06. The number of alkyl halides is 1. The maximum Gasteiger partial charge on any atom is 0.127 e. The van der Waals surface area contributed by atoms with Gasteiger partial charge in [-0.1, -0.05) is 49.2 Å². The Balaban J connectivity index is 2.14. The summed E-state index contributed by atoms with van der Waals surface area (Å²) in [6.07, 6.45) is 4.22. The third-order valence-corrected chi connectivity index (χ3v) is 5.68. The molecule has 0 nitrogen and oxygen atoms in total. The Morgan fingerprint density at radius 3 is 2.65 bits per heavy atom. The SMILES string of the molecule is CC1CCC(C(C)(C)Cc2ccc(Br)cc2F)C(Cl)C1. The maximum atomic E-state index is 14.0. The Labute approximate surface area is 135 Å². The highest BCUT2D eigenvalue weighted by Gasteiger charge is 2.38. The minimum absolute atomic E-state index is 0.0290. The Kier molecular flexibility index (Phi) is 5.18. The van der Waals surface area contributed by atoms with Crippen molar-refractivity contribution in [3.63, 3.8) is 0 Å². The van der Waals surface area contributed by atoms with Crippen LogP contribution in [0.15, 0.2) is 22.7 Å². The summed E-state index contributed by atoms with van der Waals surface area (Å²) in [4.78, 5) is 0. The zero-order valence-electron chi connectivity index (χ0n) is 12.4. The number of hydrogen-bond acceptors (Lipinski definition) is 0. The first-order valence-electron chi connectivity index (χ1n) is 7.37. The number of benzene rings is 1. The normalized spacial score (nSPS) is 27.6. The van der Waals surface area contributed by atoms with Crippen LogP contribution < -0.4 is 0 Å². The highest BCUT2D eigenvalue weighted by molar-refractivity contribution is 9.10. The zero-order valence-corrected chi connectivity index (χ0v) is 14.8. The minimum atomic E-state index is -0.122. The van der Waals surface area contributed by atoms with Gasteiger partial charge in [-0.05, 0) is 54.2 Å². The van der Waals surface area contributed by atoms with Gasteiger partial charge in [-0.2, -0.15) is 0 Å². The van der Waals surface area contributed by atoms with Crippen molar-refractivity contribution in [3.8, 4) is 0 Å². The summed E-state index contributed by atoms with van der Waals surface area (Å²) in [6.45, 7) is 6.72. The molecule has 0 aliphatic heterocycles. The van der Waals surface area contributed by atoms with Crippen LogP contribution in [0.3, 0.4) is 0 Å².